The van der Waals surface area contributed by atoms with Crippen molar-refractivity contribution >= 4 is 16.7 Å². The summed E-state index contributed by atoms with van der Waals surface area (Å²) < 4.78 is 18.2. The number of carboxylic acids is 1. The number of fused-ring (bicyclic) bond motifs is 1. The summed E-state index contributed by atoms with van der Waals surface area (Å²) >= 11 is 0. The molecule has 17 heavy (non-hydrogen) atoms. The predicted octanol–water partition coefficient (Wildman–Crippen LogP) is 1.95. The first kappa shape index (κ1) is 11.3. The zero-order chi connectivity index (χ0) is 12.4. The zero-order valence-electron chi connectivity index (χ0n) is 8.77. The van der Waals surface area contributed by atoms with Gasteiger partial charge in [0.15, 0.2) is 0 Å². The molecule has 4 nitrogen and oxygen atoms in total. The Labute approximate surface area is 95.3 Å². The SMILES string of the molecule is O=C(O)CCc1cc2cccc(F)c2c(=O)o1. The third-order valence-corrected chi connectivity index (χ3v) is 2.38. The van der Waals surface area contributed by atoms with Gasteiger partial charge in [0.25, 0.3) is 0 Å². The van der Waals surface area contributed by atoms with E-state index in [1.807, 2.05) is 0 Å². The molecule has 0 fully saturated rings. The van der Waals surface area contributed by atoms with Crippen molar-refractivity contribution in [2.45, 2.75) is 12.8 Å². The molecule has 5 heteroatoms. The van der Waals surface area contributed by atoms with Crippen molar-refractivity contribution in [2.24, 2.45) is 0 Å². The fourth-order valence-corrected chi connectivity index (χ4v) is 1.60. The van der Waals surface area contributed by atoms with Crippen LogP contribution in [0.25, 0.3) is 10.8 Å². The minimum Gasteiger partial charge on any atom is -0.481 e. The maximum atomic E-state index is 13.3. The van der Waals surface area contributed by atoms with Crippen molar-refractivity contribution in [1.29, 1.82) is 0 Å². The summed E-state index contributed by atoms with van der Waals surface area (Å²) in [7, 11) is 0. The van der Waals surface area contributed by atoms with Crippen LogP contribution in [0.1, 0.15) is 12.2 Å². The molecule has 0 saturated carbocycles. The van der Waals surface area contributed by atoms with Crippen molar-refractivity contribution in [3.05, 3.63) is 46.3 Å². The second-order valence-electron chi connectivity index (χ2n) is 3.60. The molecule has 1 aromatic heterocycles. The highest BCUT2D eigenvalue weighted by molar-refractivity contribution is 5.81. The number of benzene rings is 1. The fraction of sp³-hybridized carbons (Fsp3) is 0.167. The molecular formula is C12H9FO4. The molecule has 0 saturated heterocycles. The zero-order valence-corrected chi connectivity index (χ0v) is 8.77. The topological polar surface area (TPSA) is 67.5 Å². The van der Waals surface area contributed by atoms with Crippen molar-refractivity contribution in [3.63, 3.8) is 0 Å². The molecule has 0 unspecified atom stereocenters. The number of carboxylic acid groups (broad SMARTS) is 1. The van der Waals surface area contributed by atoms with E-state index in [-0.39, 0.29) is 24.0 Å². The van der Waals surface area contributed by atoms with E-state index in [2.05, 4.69) is 0 Å². The smallest absolute Gasteiger partial charge is 0.346 e. The van der Waals surface area contributed by atoms with E-state index in [9.17, 15) is 14.0 Å². The predicted molar refractivity (Wildman–Crippen MR) is 58.4 cm³/mol. The lowest BCUT2D eigenvalue weighted by atomic mass is 10.1. The average molecular weight is 236 g/mol. The van der Waals surface area contributed by atoms with Crippen LogP contribution in [0.15, 0.2) is 33.5 Å². The summed E-state index contributed by atoms with van der Waals surface area (Å²) in [5.74, 6) is -1.37. The van der Waals surface area contributed by atoms with E-state index in [1.165, 1.54) is 18.2 Å². The summed E-state index contributed by atoms with van der Waals surface area (Å²) in [5.41, 5.74) is -0.777. The third-order valence-electron chi connectivity index (χ3n) is 2.38. The van der Waals surface area contributed by atoms with Crippen LogP contribution in [0.5, 0.6) is 0 Å². The molecule has 0 radical (unpaired) electrons. The summed E-state index contributed by atoms with van der Waals surface area (Å²) in [6.45, 7) is 0. The van der Waals surface area contributed by atoms with E-state index in [1.54, 1.807) is 6.07 Å². The normalized spacial score (nSPS) is 10.6. The Morgan fingerprint density at radius 1 is 1.41 bits per heavy atom. The molecule has 1 N–H and O–H groups in total. The Hall–Kier alpha value is -2.17. The van der Waals surface area contributed by atoms with Gasteiger partial charge in [0, 0.05) is 6.42 Å². The van der Waals surface area contributed by atoms with E-state index in [4.69, 9.17) is 9.52 Å². The first-order valence-corrected chi connectivity index (χ1v) is 5.01. The first-order chi connectivity index (χ1) is 8.08. The molecule has 88 valence electrons. The van der Waals surface area contributed by atoms with Crippen LogP contribution in [-0.2, 0) is 11.2 Å². The van der Waals surface area contributed by atoms with Gasteiger partial charge >= 0.3 is 11.6 Å². The maximum Gasteiger partial charge on any atom is 0.346 e. The Bertz CT molecular complexity index is 630. The number of hydrogen-bond acceptors (Lipinski definition) is 3. The Kier molecular flexibility index (Phi) is 2.91. The van der Waals surface area contributed by atoms with Crippen LogP contribution in [0, 0.1) is 5.82 Å². The highest BCUT2D eigenvalue weighted by Gasteiger charge is 2.09. The lowest BCUT2D eigenvalue weighted by Crippen LogP contribution is -2.05. The average Bonchev–Trinajstić information content (AvgIpc) is 2.26. The molecule has 1 heterocycles. The quantitative estimate of drug-likeness (QED) is 0.884. The van der Waals surface area contributed by atoms with E-state index >= 15 is 0 Å². The number of carbonyl (C=O) groups is 1. The molecule has 0 aliphatic rings. The summed E-state index contributed by atoms with van der Waals surface area (Å²) in [6.07, 6.45) is -0.0270. The number of hydrogen-bond donors (Lipinski definition) is 1. The van der Waals surface area contributed by atoms with Gasteiger partial charge in [-0.2, -0.15) is 0 Å². The van der Waals surface area contributed by atoms with Gasteiger partial charge in [-0.15, -0.1) is 0 Å². The number of aryl methyl sites for hydroxylation is 1. The van der Waals surface area contributed by atoms with Gasteiger partial charge in [-0.1, -0.05) is 12.1 Å². The molecule has 2 rings (SSSR count). The largest absolute Gasteiger partial charge is 0.481 e. The monoisotopic (exact) mass is 236 g/mol. The van der Waals surface area contributed by atoms with Gasteiger partial charge in [0.2, 0.25) is 0 Å². The Morgan fingerprint density at radius 2 is 2.18 bits per heavy atom. The highest BCUT2D eigenvalue weighted by atomic mass is 19.1. The molecule has 0 amide bonds. The van der Waals surface area contributed by atoms with Gasteiger partial charge in [-0.25, -0.2) is 9.18 Å². The van der Waals surface area contributed by atoms with E-state index < -0.39 is 17.4 Å². The molecule has 2 aromatic rings. The number of rotatable bonds is 3. The Morgan fingerprint density at radius 3 is 2.88 bits per heavy atom. The van der Waals surface area contributed by atoms with Gasteiger partial charge in [0.1, 0.15) is 17.0 Å². The lowest BCUT2D eigenvalue weighted by Gasteiger charge is -2.01. The minimum absolute atomic E-state index is 0.105. The van der Waals surface area contributed by atoms with Gasteiger partial charge in [0.05, 0.1) is 6.42 Å². The fourth-order valence-electron chi connectivity index (χ4n) is 1.60. The Balaban J connectivity index is 2.49. The van der Waals surface area contributed by atoms with Gasteiger partial charge in [-0.3, -0.25) is 4.79 Å². The highest BCUT2D eigenvalue weighted by Crippen LogP contribution is 2.16. The summed E-state index contributed by atoms with van der Waals surface area (Å²) in [5, 5.41) is 8.83. The van der Waals surface area contributed by atoms with Crippen LogP contribution in [0.4, 0.5) is 4.39 Å². The van der Waals surface area contributed by atoms with Crippen molar-refractivity contribution < 1.29 is 18.7 Å². The second-order valence-corrected chi connectivity index (χ2v) is 3.60. The molecule has 0 aliphatic carbocycles. The maximum absolute atomic E-state index is 13.3. The molecular weight excluding hydrogens is 227 g/mol. The molecule has 0 atom stereocenters. The van der Waals surface area contributed by atoms with Crippen molar-refractivity contribution in [3.8, 4) is 0 Å². The van der Waals surface area contributed by atoms with Crippen molar-refractivity contribution in [1.82, 2.24) is 0 Å². The van der Waals surface area contributed by atoms with E-state index in [0.29, 0.717) is 5.39 Å². The first-order valence-electron chi connectivity index (χ1n) is 5.01. The van der Waals surface area contributed by atoms with E-state index in [0.717, 1.165) is 0 Å². The molecule has 0 bridgehead atoms. The summed E-state index contributed by atoms with van der Waals surface area (Å²) in [6, 6.07) is 5.73. The second kappa shape index (κ2) is 4.37. The minimum atomic E-state index is -0.980. The van der Waals surface area contributed by atoms with Crippen LogP contribution in [0.3, 0.4) is 0 Å². The number of aliphatic carboxylic acids is 1. The standard InChI is InChI=1S/C12H9FO4/c13-9-3-1-2-7-6-8(4-5-10(14)15)17-12(16)11(7)9/h1-3,6H,4-5H2,(H,14,15). The van der Waals surface area contributed by atoms with Crippen LogP contribution in [-0.4, -0.2) is 11.1 Å². The molecule has 0 spiro atoms. The third kappa shape index (κ3) is 2.33. The van der Waals surface area contributed by atoms with Crippen molar-refractivity contribution in [2.75, 3.05) is 0 Å². The summed E-state index contributed by atoms with van der Waals surface area (Å²) in [4.78, 5) is 21.9. The van der Waals surface area contributed by atoms with Crippen LogP contribution >= 0.6 is 0 Å². The van der Waals surface area contributed by atoms with Gasteiger partial charge in [-0.05, 0) is 17.5 Å². The lowest BCUT2D eigenvalue weighted by molar-refractivity contribution is -0.137. The molecule has 1 aromatic carbocycles. The van der Waals surface area contributed by atoms with Gasteiger partial charge < -0.3 is 9.52 Å². The van der Waals surface area contributed by atoms with Crippen LogP contribution < -0.4 is 5.63 Å². The van der Waals surface area contributed by atoms with Crippen LogP contribution in [0.2, 0.25) is 0 Å². The molecule has 0 aliphatic heterocycles. The number of halogens is 1.